The van der Waals surface area contributed by atoms with E-state index < -0.39 is 15.9 Å². The molecular formula is C18H26N2O4S. The molecule has 3 atom stereocenters. The summed E-state index contributed by atoms with van der Waals surface area (Å²) in [5.74, 6) is -0.311. The summed E-state index contributed by atoms with van der Waals surface area (Å²) in [7, 11) is -2.96. The lowest BCUT2D eigenvalue weighted by Gasteiger charge is -2.24. The predicted octanol–water partition coefficient (Wildman–Crippen LogP) is 1.38. The lowest BCUT2D eigenvalue weighted by atomic mass is 9.97. The van der Waals surface area contributed by atoms with Crippen LogP contribution < -0.4 is 10.6 Å². The smallest absolute Gasteiger partial charge is 0.251 e. The van der Waals surface area contributed by atoms with Gasteiger partial charge in [0, 0.05) is 12.1 Å². The van der Waals surface area contributed by atoms with Crippen LogP contribution in [0.2, 0.25) is 0 Å². The molecule has 1 aromatic carbocycles. The Morgan fingerprint density at radius 1 is 1.24 bits per heavy atom. The van der Waals surface area contributed by atoms with Crippen molar-refractivity contribution in [1.29, 1.82) is 0 Å². The molecule has 0 spiro atoms. The minimum absolute atomic E-state index is 0.0278. The van der Waals surface area contributed by atoms with Crippen molar-refractivity contribution in [2.75, 3.05) is 18.1 Å². The Kier molecular flexibility index (Phi) is 6.58. The first kappa shape index (κ1) is 19.4. The van der Waals surface area contributed by atoms with Gasteiger partial charge in [0.15, 0.2) is 9.84 Å². The summed E-state index contributed by atoms with van der Waals surface area (Å²) >= 11 is 0. The standard InChI is InChI=1S/C18H26N2O4S/c1-3-13(2)16(20-17(21)15-7-5-4-6-8-15)18(22)19-11-14-9-10-25(23,24)12-14/h4-8,13-14,16H,3,9-12H2,1-2H3,(H,19,22)(H,20,21). The van der Waals surface area contributed by atoms with Gasteiger partial charge in [0.1, 0.15) is 6.04 Å². The Hall–Kier alpha value is -1.89. The molecule has 2 N–H and O–H groups in total. The number of carbonyl (C=O) groups is 2. The molecule has 1 saturated heterocycles. The van der Waals surface area contributed by atoms with Gasteiger partial charge >= 0.3 is 0 Å². The monoisotopic (exact) mass is 366 g/mol. The van der Waals surface area contributed by atoms with Gasteiger partial charge in [-0.1, -0.05) is 38.5 Å². The highest BCUT2D eigenvalue weighted by Gasteiger charge is 2.30. The van der Waals surface area contributed by atoms with Crippen LogP contribution in [0.1, 0.15) is 37.0 Å². The number of carbonyl (C=O) groups excluding carboxylic acids is 2. The van der Waals surface area contributed by atoms with E-state index in [1.807, 2.05) is 19.9 Å². The van der Waals surface area contributed by atoms with Crippen molar-refractivity contribution >= 4 is 21.7 Å². The maximum Gasteiger partial charge on any atom is 0.251 e. The molecule has 0 aromatic heterocycles. The van der Waals surface area contributed by atoms with E-state index >= 15 is 0 Å². The molecule has 1 aromatic rings. The molecule has 1 aliphatic heterocycles. The molecule has 6 nitrogen and oxygen atoms in total. The Morgan fingerprint density at radius 2 is 1.92 bits per heavy atom. The second kappa shape index (κ2) is 8.47. The van der Waals surface area contributed by atoms with Gasteiger partial charge in [-0.05, 0) is 30.4 Å². The number of hydrogen-bond acceptors (Lipinski definition) is 4. The lowest BCUT2D eigenvalue weighted by Crippen LogP contribution is -2.51. The topological polar surface area (TPSA) is 92.3 Å². The van der Waals surface area contributed by atoms with Crippen molar-refractivity contribution in [2.24, 2.45) is 11.8 Å². The Bertz CT molecular complexity index is 703. The molecule has 7 heteroatoms. The molecule has 0 aliphatic carbocycles. The SMILES string of the molecule is CCC(C)C(NC(=O)c1ccccc1)C(=O)NCC1CCS(=O)(=O)C1. The van der Waals surface area contributed by atoms with Crippen LogP contribution in [0, 0.1) is 11.8 Å². The number of hydrogen-bond donors (Lipinski definition) is 2. The predicted molar refractivity (Wildman–Crippen MR) is 96.9 cm³/mol. The largest absolute Gasteiger partial charge is 0.354 e. The van der Waals surface area contributed by atoms with Crippen LogP contribution >= 0.6 is 0 Å². The lowest BCUT2D eigenvalue weighted by molar-refractivity contribution is -0.124. The van der Waals surface area contributed by atoms with E-state index in [2.05, 4.69) is 10.6 Å². The van der Waals surface area contributed by atoms with E-state index in [1.54, 1.807) is 24.3 Å². The minimum Gasteiger partial charge on any atom is -0.354 e. The van der Waals surface area contributed by atoms with Crippen molar-refractivity contribution in [1.82, 2.24) is 10.6 Å². The normalized spacial score (nSPS) is 21.3. The molecule has 25 heavy (non-hydrogen) atoms. The number of sulfone groups is 1. The van der Waals surface area contributed by atoms with Gasteiger partial charge in [0.25, 0.3) is 5.91 Å². The van der Waals surface area contributed by atoms with Crippen molar-refractivity contribution in [3.8, 4) is 0 Å². The average Bonchev–Trinajstić information content (AvgIpc) is 2.96. The van der Waals surface area contributed by atoms with E-state index in [1.165, 1.54) is 0 Å². The zero-order valence-corrected chi connectivity index (χ0v) is 15.5. The van der Waals surface area contributed by atoms with E-state index in [4.69, 9.17) is 0 Å². The average molecular weight is 366 g/mol. The summed E-state index contributed by atoms with van der Waals surface area (Å²) in [6, 6.07) is 8.12. The third-order valence-electron chi connectivity index (χ3n) is 4.71. The fourth-order valence-corrected chi connectivity index (χ4v) is 4.77. The molecule has 1 heterocycles. The highest BCUT2D eigenvalue weighted by molar-refractivity contribution is 7.91. The molecule has 3 unspecified atom stereocenters. The van der Waals surface area contributed by atoms with E-state index in [0.717, 1.165) is 6.42 Å². The summed E-state index contributed by atoms with van der Waals surface area (Å²) in [4.78, 5) is 24.9. The maximum atomic E-state index is 12.6. The third kappa shape index (κ3) is 5.56. The maximum absolute atomic E-state index is 12.6. The van der Waals surface area contributed by atoms with Gasteiger partial charge in [-0.15, -0.1) is 0 Å². The second-order valence-corrected chi connectivity index (χ2v) is 8.95. The van der Waals surface area contributed by atoms with Crippen LogP contribution in [-0.2, 0) is 14.6 Å². The van der Waals surface area contributed by atoms with Crippen LogP contribution in [-0.4, -0.2) is 44.3 Å². The van der Waals surface area contributed by atoms with Crippen molar-refractivity contribution in [2.45, 2.75) is 32.7 Å². The molecule has 0 radical (unpaired) electrons. The Morgan fingerprint density at radius 3 is 2.48 bits per heavy atom. The van der Waals surface area contributed by atoms with Crippen LogP contribution in [0.15, 0.2) is 30.3 Å². The number of rotatable bonds is 7. The number of amides is 2. The van der Waals surface area contributed by atoms with E-state index in [0.29, 0.717) is 18.5 Å². The molecular weight excluding hydrogens is 340 g/mol. The van der Waals surface area contributed by atoms with Crippen molar-refractivity contribution < 1.29 is 18.0 Å². The van der Waals surface area contributed by atoms with Gasteiger partial charge in [-0.2, -0.15) is 0 Å². The quantitative estimate of drug-likeness (QED) is 0.763. The van der Waals surface area contributed by atoms with Gasteiger partial charge in [-0.25, -0.2) is 8.42 Å². The van der Waals surface area contributed by atoms with Crippen LogP contribution in [0.5, 0.6) is 0 Å². The third-order valence-corrected chi connectivity index (χ3v) is 6.55. The molecule has 138 valence electrons. The summed E-state index contributed by atoms with van der Waals surface area (Å²) in [5, 5.41) is 5.62. The zero-order valence-electron chi connectivity index (χ0n) is 14.7. The highest BCUT2D eigenvalue weighted by atomic mass is 32.2. The summed E-state index contributed by atoms with van der Waals surface area (Å²) in [5.41, 5.74) is 0.505. The number of benzene rings is 1. The van der Waals surface area contributed by atoms with E-state index in [-0.39, 0.29) is 35.2 Å². The summed E-state index contributed by atoms with van der Waals surface area (Å²) in [6.07, 6.45) is 1.32. The van der Waals surface area contributed by atoms with Gasteiger partial charge in [0.2, 0.25) is 5.91 Å². The first-order valence-electron chi connectivity index (χ1n) is 8.66. The fraction of sp³-hybridized carbons (Fsp3) is 0.556. The van der Waals surface area contributed by atoms with Gasteiger partial charge < -0.3 is 10.6 Å². The van der Waals surface area contributed by atoms with Gasteiger partial charge in [0.05, 0.1) is 11.5 Å². The van der Waals surface area contributed by atoms with E-state index in [9.17, 15) is 18.0 Å². The summed E-state index contributed by atoms with van der Waals surface area (Å²) < 4.78 is 23.0. The highest BCUT2D eigenvalue weighted by Crippen LogP contribution is 2.17. The first-order valence-corrected chi connectivity index (χ1v) is 10.5. The zero-order chi connectivity index (χ0) is 18.4. The minimum atomic E-state index is -2.96. The fourth-order valence-electron chi connectivity index (χ4n) is 2.90. The molecule has 1 fully saturated rings. The first-order chi connectivity index (χ1) is 11.8. The van der Waals surface area contributed by atoms with Crippen LogP contribution in [0.25, 0.3) is 0 Å². The van der Waals surface area contributed by atoms with Crippen LogP contribution in [0.4, 0.5) is 0 Å². The molecule has 0 bridgehead atoms. The molecule has 2 amide bonds. The number of nitrogens with one attached hydrogen (secondary N) is 2. The molecule has 2 rings (SSSR count). The molecule has 0 saturated carbocycles. The van der Waals surface area contributed by atoms with Crippen LogP contribution in [0.3, 0.4) is 0 Å². The molecule has 1 aliphatic rings. The van der Waals surface area contributed by atoms with Crippen molar-refractivity contribution in [3.05, 3.63) is 35.9 Å². The summed E-state index contributed by atoms with van der Waals surface area (Å²) in [6.45, 7) is 4.20. The second-order valence-electron chi connectivity index (χ2n) is 6.72. The Balaban J connectivity index is 1.96. The Labute approximate surface area is 149 Å². The van der Waals surface area contributed by atoms with Gasteiger partial charge in [-0.3, -0.25) is 9.59 Å². The van der Waals surface area contributed by atoms with Crippen molar-refractivity contribution in [3.63, 3.8) is 0 Å².